The molecule has 1 heterocycles. The number of benzene rings is 2. The maximum atomic E-state index is 12.8. The van der Waals surface area contributed by atoms with E-state index in [4.69, 9.17) is 28.9 Å². The van der Waals surface area contributed by atoms with Crippen molar-refractivity contribution in [1.82, 2.24) is 0 Å². The Morgan fingerprint density at radius 2 is 2.00 bits per heavy atom. The molecule has 1 aliphatic heterocycles. The summed E-state index contributed by atoms with van der Waals surface area (Å²) in [4.78, 5) is 15.5. The monoisotopic (exact) mass is 338 g/mol. The van der Waals surface area contributed by atoms with Crippen molar-refractivity contribution in [3.8, 4) is 0 Å². The van der Waals surface area contributed by atoms with Gasteiger partial charge in [-0.1, -0.05) is 23.2 Å². The van der Waals surface area contributed by atoms with Gasteiger partial charge in [0.25, 0.3) is 5.91 Å². The van der Waals surface area contributed by atoms with Crippen molar-refractivity contribution in [2.45, 2.75) is 4.90 Å². The molecular formula is C15H12Cl2N2OS. The number of thioether (sulfide) groups is 1. The maximum Gasteiger partial charge on any atom is 0.259 e. The largest absolute Gasteiger partial charge is 0.399 e. The Hall–Kier alpha value is -1.36. The van der Waals surface area contributed by atoms with Gasteiger partial charge in [0.2, 0.25) is 0 Å². The first-order valence-corrected chi connectivity index (χ1v) is 8.09. The third kappa shape index (κ3) is 2.84. The van der Waals surface area contributed by atoms with E-state index in [0.717, 1.165) is 16.3 Å². The van der Waals surface area contributed by atoms with Gasteiger partial charge in [0.05, 0.1) is 16.3 Å². The van der Waals surface area contributed by atoms with Gasteiger partial charge in [-0.25, -0.2) is 0 Å². The van der Waals surface area contributed by atoms with Crippen LogP contribution in [-0.4, -0.2) is 18.2 Å². The summed E-state index contributed by atoms with van der Waals surface area (Å²) in [5, 5.41) is 0.867. The number of anilines is 2. The number of nitrogens with two attached hydrogens (primary N) is 1. The first-order valence-electron chi connectivity index (χ1n) is 6.35. The lowest BCUT2D eigenvalue weighted by molar-refractivity contribution is 0.0988. The predicted octanol–water partition coefficient (Wildman–Crippen LogP) is 4.33. The van der Waals surface area contributed by atoms with Gasteiger partial charge in [-0.3, -0.25) is 4.79 Å². The van der Waals surface area contributed by atoms with Crippen molar-refractivity contribution in [2.24, 2.45) is 0 Å². The summed E-state index contributed by atoms with van der Waals surface area (Å²) < 4.78 is 0. The molecule has 6 heteroatoms. The highest BCUT2D eigenvalue weighted by atomic mass is 35.5. The SMILES string of the molecule is Nc1ccc2c(c1)N(C(=O)c1ccc(Cl)cc1Cl)CCS2. The summed E-state index contributed by atoms with van der Waals surface area (Å²) in [6.45, 7) is 0.624. The van der Waals surface area contributed by atoms with Gasteiger partial charge >= 0.3 is 0 Å². The molecule has 21 heavy (non-hydrogen) atoms. The molecular weight excluding hydrogens is 327 g/mol. The van der Waals surface area contributed by atoms with Gasteiger partial charge in [0.1, 0.15) is 0 Å². The number of nitrogen functional groups attached to an aromatic ring is 1. The van der Waals surface area contributed by atoms with Crippen LogP contribution in [0.3, 0.4) is 0 Å². The lowest BCUT2D eigenvalue weighted by atomic mass is 10.1. The molecule has 0 aliphatic carbocycles. The first-order chi connectivity index (χ1) is 10.1. The Bertz CT molecular complexity index is 721. The molecule has 1 aliphatic rings. The summed E-state index contributed by atoms with van der Waals surface area (Å²) in [5.74, 6) is 0.706. The minimum atomic E-state index is -0.135. The maximum absolute atomic E-state index is 12.8. The van der Waals surface area contributed by atoms with E-state index < -0.39 is 0 Å². The second-order valence-corrected chi connectivity index (χ2v) is 6.64. The molecule has 1 amide bonds. The average molecular weight is 339 g/mol. The van der Waals surface area contributed by atoms with E-state index >= 15 is 0 Å². The fourth-order valence-corrected chi connectivity index (χ4v) is 3.72. The fraction of sp³-hybridized carbons (Fsp3) is 0.133. The molecule has 108 valence electrons. The molecule has 0 spiro atoms. The van der Waals surface area contributed by atoms with Gasteiger partial charge in [0.15, 0.2) is 0 Å². The van der Waals surface area contributed by atoms with Crippen molar-refractivity contribution < 1.29 is 4.79 Å². The minimum absolute atomic E-state index is 0.135. The highest BCUT2D eigenvalue weighted by Crippen LogP contribution is 2.37. The quantitative estimate of drug-likeness (QED) is 0.787. The molecule has 0 aromatic heterocycles. The normalized spacial score (nSPS) is 13.9. The van der Waals surface area contributed by atoms with Crippen LogP contribution in [0.2, 0.25) is 10.0 Å². The molecule has 0 saturated heterocycles. The number of rotatable bonds is 1. The van der Waals surface area contributed by atoms with Crippen LogP contribution in [0.1, 0.15) is 10.4 Å². The van der Waals surface area contributed by atoms with E-state index in [1.807, 2.05) is 18.2 Å². The molecule has 2 aromatic carbocycles. The number of fused-ring (bicyclic) bond motifs is 1. The Morgan fingerprint density at radius 1 is 1.19 bits per heavy atom. The van der Waals surface area contributed by atoms with E-state index in [1.54, 1.807) is 34.9 Å². The number of halogens is 2. The Balaban J connectivity index is 2.02. The Kier molecular flexibility index (Phi) is 4.02. The van der Waals surface area contributed by atoms with Crippen LogP contribution in [0.4, 0.5) is 11.4 Å². The highest BCUT2D eigenvalue weighted by Gasteiger charge is 2.25. The van der Waals surface area contributed by atoms with Crippen LogP contribution >= 0.6 is 35.0 Å². The third-order valence-corrected chi connectivity index (χ3v) is 4.84. The molecule has 0 radical (unpaired) electrons. The van der Waals surface area contributed by atoms with E-state index in [2.05, 4.69) is 0 Å². The van der Waals surface area contributed by atoms with Crippen LogP contribution in [0, 0.1) is 0 Å². The van der Waals surface area contributed by atoms with Crippen molar-refractivity contribution in [1.29, 1.82) is 0 Å². The predicted molar refractivity (Wildman–Crippen MR) is 89.7 cm³/mol. The summed E-state index contributed by atoms with van der Waals surface area (Å²) in [6.07, 6.45) is 0. The van der Waals surface area contributed by atoms with E-state index in [-0.39, 0.29) is 5.91 Å². The Morgan fingerprint density at radius 3 is 2.76 bits per heavy atom. The third-order valence-electron chi connectivity index (χ3n) is 3.25. The van der Waals surface area contributed by atoms with Crippen LogP contribution in [0.15, 0.2) is 41.3 Å². The van der Waals surface area contributed by atoms with Crippen LogP contribution in [0.5, 0.6) is 0 Å². The zero-order chi connectivity index (χ0) is 15.0. The molecule has 2 N–H and O–H groups in total. The van der Waals surface area contributed by atoms with Crippen molar-refractivity contribution in [3.63, 3.8) is 0 Å². The van der Waals surface area contributed by atoms with E-state index in [9.17, 15) is 4.79 Å². The number of nitrogens with zero attached hydrogens (tertiary/aromatic N) is 1. The lowest BCUT2D eigenvalue weighted by Gasteiger charge is -2.29. The van der Waals surface area contributed by atoms with Crippen molar-refractivity contribution in [3.05, 3.63) is 52.0 Å². The van der Waals surface area contributed by atoms with Crippen LogP contribution in [-0.2, 0) is 0 Å². The van der Waals surface area contributed by atoms with Gasteiger partial charge in [-0.2, -0.15) is 0 Å². The van der Waals surface area contributed by atoms with Gasteiger partial charge in [-0.15, -0.1) is 11.8 Å². The lowest BCUT2D eigenvalue weighted by Crippen LogP contribution is -2.35. The topological polar surface area (TPSA) is 46.3 Å². The summed E-state index contributed by atoms with van der Waals surface area (Å²) >= 11 is 13.7. The molecule has 3 rings (SSSR count). The number of hydrogen-bond donors (Lipinski definition) is 1. The standard InChI is InChI=1S/C15H12Cl2N2OS/c16-9-1-3-11(12(17)7-9)15(20)19-5-6-21-14-4-2-10(18)8-13(14)19/h1-4,7-8H,5-6,18H2. The van der Waals surface area contributed by atoms with Crippen LogP contribution in [0.25, 0.3) is 0 Å². The molecule has 0 saturated carbocycles. The minimum Gasteiger partial charge on any atom is -0.399 e. The number of carbonyl (C=O) groups excluding carboxylic acids is 1. The van der Waals surface area contributed by atoms with Crippen LogP contribution < -0.4 is 10.6 Å². The molecule has 0 unspecified atom stereocenters. The molecule has 0 fully saturated rings. The molecule has 3 nitrogen and oxygen atoms in total. The van der Waals surface area contributed by atoms with E-state index in [0.29, 0.717) is 27.8 Å². The number of amides is 1. The summed E-state index contributed by atoms with van der Waals surface area (Å²) in [6, 6.07) is 10.5. The summed E-state index contributed by atoms with van der Waals surface area (Å²) in [5.41, 5.74) is 7.76. The smallest absolute Gasteiger partial charge is 0.259 e. The second-order valence-electron chi connectivity index (χ2n) is 4.66. The highest BCUT2D eigenvalue weighted by molar-refractivity contribution is 7.99. The number of hydrogen-bond acceptors (Lipinski definition) is 3. The van der Waals surface area contributed by atoms with Crippen molar-refractivity contribution >= 4 is 52.2 Å². The first kappa shape index (κ1) is 14.6. The van der Waals surface area contributed by atoms with Gasteiger partial charge < -0.3 is 10.6 Å². The fourth-order valence-electron chi connectivity index (χ4n) is 2.25. The number of carbonyl (C=O) groups is 1. The average Bonchev–Trinajstić information content (AvgIpc) is 2.46. The molecule has 0 bridgehead atoms. The van der Waals surface area contributed by atoms with Gasteiger partial charge in [0, 0.05) is 27.9 Å². The Labute approximate surface area is 137 Å². The van der Waals surface area contributed by atoms with Gasteiger partial charge in [-0.05, 0) is 36.4 Å². The van der Waals surface area contributed by atoms with E-state index in [1.165, 1.54) is 0 Å². The summed E-state index contributed by atoms with van der Waals surface area (Å²) in [7, 11) is 0. The second kappa shape index (κ2) is 5.79. The zero-order valence-corrected chi connectivity index (χ0v) is 13.3. The molecule has 0 atom stereocenters. The molecule has 2 aromatic rings. The zero-order valence-electron chi connectivity index (χ0n) is 11.0. The van der Waals surface area contributed by atoms with Crippen molar-refractivity contribution in [2.75, 3.05) is 22.9 Å².